The van der Waals surface area contributed by atoms with Gasteiger partial charge in [0.25, 0.3) is 0 Å². The molecule has 1 aliphatic rings. The number of allylic oxidation sites excluding steroid dienone is 1. The Balaban J connectivity index is 1.97. The summed E-state index contributed by atoms with van der Waals surface area (Å²) in [6.45, 7) is 5.86. The first-order valence-corrected chi connectivity index (χ1v) is 6.22. The van der Waals surface area contributed by atoms with E-state index in [0.29, 0.717) is 5.75 Å². The van der Waals surface area contributed by atoms with E-state index in [1.165, 1.54) is 0 Å². The van der Waals surface area contributed by atoms with Crippen molar-refractivity contribution in [3.8, 4) is 5.75 Å². The van der Waals surface area contributed by atoms with Crippen LogP contribution in [-0.4, -0.2) is 11.7 Å². The summed E-state index contributed by atoms with van der Waals surface area (Å²) in [5.41, 5.74) is 1.16. The minimum absolute atomic E-state index is 0.0289. The van der Waals surface area contributed by atoms with Crippen molar-refractivity contribution < 1.29 is 9.53 Å². The lowest BCUT2D eigenvalue weighted by atomic mass is 10.1. The van der Waals surface area contributed by atoms with Crippen LogP contribution in [0.15, 0.2) is 35.7 Å². The van der Waals surface area contributed by atoms with Crippen LogP contribution in [-0.2, 0) is 4.79 Å². The third-order valence-electron chi connectivity index (χ3n) is 2.54. The number of thioether (sulfide) groups is 1. The Hall–Kier alpha value is -1.22. The van der Waals surface area contributed by atoms with Crippen LogP contribution in [0.2, 0.25) is 0 Å². The van der Waals surface area contributed by atoms with Gasteiger partial charge in [0.05, 0.1) is 5.92 Å². The van der Waals surface area contributed by atoms with Crippen molar-refractivity contribution >= 4 is 17.7 Å². The number of ether oxygens (including phenoxy) is 1. The number of carbonyl (C=O) groups excluding carboxylic acids is 1. The van der Waals surface area contributed by atoms with Gasteiger partial charge < -0.3 is 4.74 Å². The van der Waals surface area contributed by atoms with Gasteiger partial charge in [0.1, 0.15) is 5.75 Å². The highest BCUT2D eigenvalue weighted by Gasteiger charge is 2.27. The standard InChI is InChI=1S/C13H14O2S/c1-9-3-5-12(6-4-9)15-13(14)11-7-10(2)16-8-11/h3-6,11H,2,7-8H2,1H3. The molecule has 16 heavy (non-hydrogen) atoms. The molecule has 0 aromatic heterocycles. The lowest BCUT2D eigenvalue weighted by molar-refractivity contribution is -0.137. The Labute approximate surface area is 99.7 Å². The minimum atomic E-state index is -0.144. The summed E-state index contributed by atoms with van der Waals surface area (Å²) < 4.78 is 5.31. The zero-order valence-corrected chi connectivity index (χ0v) is 10.0. The quantitative estimate of drug-likeness (QED) is 0.581. The molecule has 1 aliphatic heterocycles. The highest BCUT2D eigenvalue weighted by atomic mass is 32.2. The van der Waals surface area contributed by atoms with Crippen molar-refractivity contribution in [2.24, 2.45) is 5.92 Å². The Morgan fingerprint density at radius 2 is 2.12 bits per heavy atom. The number of hydrogen-bond donors (Lipinski definition) is 0. The minimum Gasteiger partial charge on any atom is -0.426 e. The smallest absolute Gasteiger partial charge is 0.315 e. The second kappa shape index (κ2) is 4.74. The van der Waals surface area contributed by atoms with Crippen LogP contribution in [0.4, 0.5) is 0 Å². The maximum absolute atomic E-state index is 11.8. The van der Waals surface area contributed by atoms with E-state index in [0.717, 1.165) is 22.6 Å². The molecule has 1 aromatic carbocycles. The van der Waals surface area contributed by atoms with E-state index in [2.05, 4.69) is 6.58 Å². The Bertz CT molecular complexity index is 408. The largest absolute Gasteiger partial charge is 0.426 e. The summed E-state index contributed by atoms with van der Waals surface area (Å²) in [7, 11) is 0. The van der Waals surface area contributed by atoms with E-state index in [4.69, 9.17) is 4.74 Å². The summed E-state index contributed by atoms with van der Waals surface area (Å²) in [4.78, 5) is 12.8. The SMILES string of the molecule is C=C1CC(C(=O)Oc2ccc(C)cc2)CS1. The molecule has 84 valence electrons. The predicted octanol–water partition coefficient (Wildman–Crippen LogP) is 3.17. The van der Waals surface area contributed by atoms with E-state index < -0.39 is 0 Å². The average Bonchev–Trinajstić information content (AvgIpc) is 2.68. The lowest BCUT2D eigenvalue weighted by Crippen LogP contribution is -2.19. The maximum atomic E-state index is 11.8. The van der Waals surface area contributed by atoms with Crippen LogP contribution in [0.3, 0.4) is 0 Å². The van der Waals surface area contributed by atoms with Crippen LogP contribution in [0.5, 0.6) is 5.75 Å². The van der Waals surface area contributed by atoms with Gasteiger partial charge in [-0.15, -0.1) is 11.8 Å². The molecule has 1 unspecified atom stereocenters. The Morgan fingerprint density at radius 3 is 2.69 bits per heavy atom. The van der Waals surface area contributed by atoms with E-state index in [-0.39, 0.29) is 11.9 Å². The molecule has 0 saturated carbocycles. The third-order valence-corrected chi connectivity index (χ3v) is 3.68. The van der Waals surface area contributed by atoms with Gasteiger partial charge >= 0.3 is 5.97 Å². The number of benzene rings is 1. The number of aryl methyl sites for hydroxylation is 1. The third kappa shape index (κ3) is 2.67. The Morgan fingerprint density at radius 1 is 1.44 bits per heavy atom. The van der Waals surface area contributed by atoms with Crippen molar-refractivity contribution in [2.45, 2.75) is 13.3 Å². The van der Waals surface area contributed by atoms with Gasteiger partial charge in [-0.1, -0.05) is 24.3 Å². The maximum Gasteiger partial charge on any atom is 0.315 e. The molecule has 0 amide bonds. The van der Waals surface area contributed by atoms with E-state index in [9.17, 15) is 4.79 Å². The van der Waals surface area contributed by atoms with Crippen LogP contribution < -0.4 is 4.74 Å². The summed E-state index contributed by atoms with van der Waals surface area (Å²) in [5.74, 6) is 1.25. The number of rotatable bonds is 2. The molecule has 0 bridgehead atoms. The van der Waals surface area contributed by atoms with Crippen molar-refractivity contribution in [1.29, 1.82) is 0 Å². The zero-order chi connectivity index (χ0) is 11.5. The van der Waals surface area contributed by atoms with Gasteiger partial charge in [-0.05, 0) is 30.4 Å². The van der Waals surface area contributed by atoms with Gasteiger partial charge in [-0.25, -0.2) is 0 Å². The summed E-state index contributed by atoms with van der Waals surface area (Å²) in [6, 6.07) is 7.52. The van der Waals surface area contributed by atoms with E-state index in [1.807, 2.05) is 31.2 Å². The van der Waals surface area contributed by atoms with Gasteiger partial charge in [0, 0.05) is 5.75 Å². The summed E-state index contributed by atoms with van der Waals surface area (Å²) >= 11 is 1.65. The molecule has 2 rings (SSSR count). The monoisotopic (exact) mass is 234 g/mol. The molecule has 1 fully saturated rings. The Kier molecular flexibility index (Phi) is 3.34. The normalized spacial score (nSPS) is 19.8. The molecule has 1 atom stereocenters. The molecule has 1 aromatic rings. The predicted molar refractivity (Wildman–Crippen MR) is 66.5 cm³/mol. The number of esters is 1. The van der Waals surface area contributed by atoms with Gasteiger partial charge in [0.2, 0.25) is 0 Å². The first kappa shape index (κ1) is 11.3. The van der Waals surface area contributed by atoms with Crippen molar-refractivity contribution in [3.63, 3.8) is 0 Å². The molecular weight excluding hydrogens is 220 g/mol. The molecule has 0 spiro atoms. The average molecular weight is 234 g/mol. The summed E-state index contributed by atoms with van der Waals surface area (Å²) in [6.07, 6.45) is 0.745. The number of hydrogen-bond acceptors (Lipinski definition) is 3. The second-order valence-corrected chi connectivity index (χ2v) is 5.18. The molecular formula is C13H14O2S. The fraction of sp³-hybridized carbons (Fsp3) is 0.308. The van der Waals surface area contributed by atoms with Gasteiger partial charge in [-0.2, -0.15) is 0 Å². The zero-order valence-electron chi connectivity index (χ0n) is 9.23. The van der Waals surface area contributed by atoms with Crippen molar-refractivity contribution in [3.05, 3.63) is 41.3 Å². The first-order valence-electron chi connectivity index (χ1n) is 5.24. The topological polar surface area (TPSA) is 26.3 Å². The molecule has 1 saturated heterocycles. The molecule has 0 radical (unpaired) electrons. The molecule has 1 heterocycles. The van der Waals surface area contributed by atoms with Crippen LogP contribution in [0, 0.1) is 12.8 Å². The van der Waals surface area contributed by atoms with Crippen molar-refractivity contribution in [2.75, 3.05) is 5.75 Å². The molecule has 3 heteroatoms. The van der Waals surface area contributed by atoms with Gasteiger partial charge in [0.15, 0.2) is 0 Å². The lowest BCUT2D eigenvalue weighted by Gasteiger charge is -2.08. The second-order valence-electron chi connectivity index (χ2n) is 3.98. The molecule has 2 nitrogen and oxygen atoms in total. The van der Waals surface area contributed by atoms with Crippen LogP contribution in [0.1, 0.15) is 12.0 Å². The van der Waals surface area contributed by atoms with E-state index >= 15 is 0 Å². The van der Waals surface area contributed by atoms with Crippen LogP contribution in [0.25, 0.3) is 0 Å². The van der Waals surface area contributed by atoms with Gasteiger partial charge in [-0.3, -0.25) is 4.79 Å². The fourth-order valence-electron chi connectivity index (χ4n) is 1.57. The number of carbonyl (C=O) groups is 1. The highest BCUT2D eigenvalue weighted by Crippen LogP contribution is 2.34. The molecule has 0 aliphatic carbocycles. The summed E-state index contributed by atoms with van der Waals surface area (Å²) in [5, 5.41) is 0. The van der Waals surface area contributed by atoms with E-state index in [1.54, 1.807) is 11.8 Å². The molecule has 0 N–H and O–H groups in total. The first-order chi connectivity index (χ1) is 7.65. The van der Waals surface area contributed by atoms with Crippen molar-refractivity contribution in [1.82, 2.24) is 0 Å². The fourth-order valence-corrected chi connectivity index (χ4v) is 2.58. The highest BCUT2D eigenvalue weighted by molar-refractivity contribution is 8.03. The van der Waals surface area contributed by atoms with Crippen LogP contribution >= 0.6 is 11.8 Å².